The van der Waals surface area contributed by atoms with Gasteiger partial charge in [0.05, 0.1) is 12.8 Å². The van der Waals surface area contributed by atoms with E-state index < -0.39 is 6.04 Å². The minimum absolute atomic E-state index is 0.0631. The van der Waals surface area contributed by atoms with Crippen molar-refractivity contribution in [2.75, 3.05) is 7.11 Å². The van der Waals surface area contributed by atoms with Crippen molar-refractivity contribution < 1.29 is 9.53 Å². The van der Waals surface area contributed by atoms with Crippen molar-refractivity contribution in [2.24, 2.45) is 13.0 Å². The molecule has 110 valence electrons. The van der Waals surface area contributed by atoms with Gasteiger partial charge in [-0.25, -0.2) is 4.79 Å². The Hall–Kier alpha value is -1.63. The predicted molar refractivity (Wildman–Crippen MR) is 79.2 cm³/mol. The topological polar surface area (TPSA) is 64.8 Å². The molecule has 2 aromatic heterocycles. The zero-order valence-electron chi connectivity index (χ0n) is 12.4. The Labute approximate surface area is 122 Å². The third-order valence-electron chi connectivity index (χ3n) is 3.46. The molecule has 0 amide bonds. The summed E-state index contributed by atoms with van der Waals surface area (Å²) in [5.41, 5.74) is 2.67. The molecule has 1 atom stereocenters. The standard InChI is InChI=1S/C13H20N4O2S/c1-6-8-9-11(16(4)15-8)17(13(20)14-9)10(7(2)3)12(18)19-5/h7,10H,6H2,1-5H3,(H,14,20). The van der Waals surface area contributed by atoms with Crippen LogP contribution in [0.4, 0.5) is 0 Å². The van der Waals surface area contributed by atoms with Gasteiger partial charge in [-0.05, 0) is 24.6 Å². The number of methoxy groups -OCH3 is 1. The van der Waals surface area contributed by atoms with Crippen molar-refractivity contribution in [3.63, 3.8) is 0 Å². The van der Waals surface area contributed by atoms with E-state index in [0.717, 1.165) is 23.3 Å². The number of ether oxygens (including phenoxy) is 1. The lowest BCUT2D eigenvalue weighted by Crippen LogP contribution is -2.26. The molecule has 0 bridgehead atoms. The highest BCUT2D eigenvalue weighted by Gasteiger charge is 2.29. The zero-order chi connectivity index (χ0) is 15.0. The van der Waals surface area contributed by atoms with Gasteiger partial charge in [-0.2, -0.15) is 5.10 Å². The van der Waals surface area contributed by atoms with Crippen molar-refractivity contribution in [3.05, 3.63) is 10.5 Å². The summed E-state index contributed by atoms with van der Waals surface area (Å²) in [4.78, 5) is 15.3. The van der Waals surface area contributed by atoms with Gasteiger partial charge >= 0.3 is 5.97 Å². The average molecular weight is 296 g/mol. The summed E-state index contributed by atoms with van der Waals surface area (Å²) in [6.07, 6.45) is 0.803. The van der Waals surface area contributed by atoms with Crippen LogP contribution in [0.25, 0.3) is 11.2 Å². The number of carbonyl (C=O) groups is 1. The molecule has 0 aliphatic rings. The molecule has 1 N–H and O–H groups in total. The van der Waals surface area contributed by atoms with Crippen LogP contribution in [0, 0.1) is 10.7 Å². The Balaban J connectivity index is 2.75. The Morgan fingerprint density at radius 2 is 2.15 bits per heavy atom. The van der Waals surface area contributed by atoms with E-state index in [4.69, 9.17) is 17.0 Å². The minimum atomic E-state index is -0.457. The second-order valence-electron chi connectivity index (χ2n) is 5.13. The molecule has 0 aliphatic heterocycles. The zero-order valence-corrected chi connectivity index (χ0v) is 13.2. The van der Waals surface area contributed by atoms with Gasteiger partial charge in [0.1, 0.15) is 11.6 Å². The number of carbonyl (C=O) groups excluding carboxylic acids is 1. The summed E-state index contributed by atoms with van der Waals surface area (Å²) < 4.78 is 9.02. The van der Waals surface area contributed by atoms with Crippen molar-refractivity contribution in [1.82, 2.24) is 19.3 Å². The highest BCUT2D eigenvalue weighted by Crippen LogP contribution is 2.27. The maximum Gasteiger partial charge on any atom is 0.329 e. The molecule has 0 aliphatic carbocycles. The first kappa shape index (κ1) is 14.8. The van der Waals surface area contributed by atoms with Gasteiger partial charge < -0.3 is 9.72 Å². The van der Waals surface area contributed by atoms with Crippen LogP contribution in [0.1, 0.15) is 32.5 Å². The van der Waals surface area contributed by atoms with Gasteiger partial charge in [0.2, 0.25) is 0 Å². The highest BCUT2D eigenvalue weighted by molar-refractivity contribution is 7.71. The lowest BCUT2D eigenvalue weighted by molar-refractivity contribution is -0.145. The van der Waals surface area contributed by atoms with E-state index >= 15 is 0 Å². The molecule has 7 heteroatoms. The van der Waals surface area contributed by atoms with E-state index in [1.165, 1.54) is 7.11 Å². The second kappa shape index (κ2) is 5.40. The van der Waals surface area contributed by atoms with E-state index in [2.05, 4.69) is 10.1 Å². The number of aryl methyl sites for hydroxylation is 2. The SMILES string of the molecule is CCc1nn(C)c2c1[nH]c(=S)n2C(C(=O)OC)C(C)C. The van der Waals surface area contributed by atoms with E-state index in [9.17, 15) is 4.79 Å². The fourth-order valence-corrected chi connectivity index (χ4v) is 2.84. The summed E-state index contributed by atoms with van der Waals surface area (Å²) >= 11 is 5.39. The fourth-order valence-electron chi connectivity index (χ4n) is 2.54. The summed E-state index contributed by atoms with van der Waals surface area (Å²) in [5.74, 6) is -0.232. The number of H-pyrrole nitrogens is 1. The number of nitrogens with zero attached hydrogens (tertiary/aromatic N) is 3. The number of rotatable bonds is 4. The summed E-state index contributed by atoms with van der Waals surface area (Å²) in [6, 6.07) is -0.457. The van der Waals surface area contributed by atoms with E-state index in [1.807, 2.05) is 32.4 Å². The molecule has 2 rings (SSSR count). The van der Waals surface area contributed by atoms with Crippen molar-refractivity contribution in [2.45, 2.75) is 33.2 Å². The molecule has 0 fully saturated rings. The first-order chi connectivity index (χ1) is 9.42. The van der Waals surface area contributed by atoms with Crippen molar-refractivity contribution in [3.8, 4) is 0 Å². The van der Waals surface area contributed by atoms with E-state index in [0.29, 0.717) is 4.77 Å². The molecule has 2 aromatic rings. The van der Waals surface area contributed by atoms with Gasteiger partial charge in [0.15, 0.2) is 10.4 Å². The predicted octanol–water partition coefficient (Wildman–Crippen LogP) is 2.36. The van der Waals surface area contributed by atoms with Crippen LogP contribution in [0.3, 0.4) is 0 Å². The highest BCUT2D eigenvalue weighted by atomic mass is 32.1. The van der Waals surface area contributed by atoms with Crippen molar-refractivity contribution >= 4 is 29.4 Å². The molecule has 0 saturated carbocycles. The third kappa shape index (κ3) is 2.15. The third-order valence-corrected chi connectivity index (χ3v) is 3.75. The van der Waals surface area contributed by atoms with E-state index in [1.54, 1.807) is 4.68 Å². The summed E-state index contributed by atoms with van der Waals surface area (Å²) in [6.45, 7) is 5.98. The first-order valence-electron chi connectivity index (χ1n) is 6.66. The van der Waals surface area contributed by atoms with Gasteiger partial charge in [-0.15, -0.1) is 0 Å². The van der Waals surface area contributed by atoms with Crippen LogP contribution in [-0.4, -0.2) is 32.4 Å². The Morgan fingerprint density at radius 3 is 2.65 bits per heavy atom. The quantitative estimate of drug-likeness (QED) is 0.695. The van der Waals surface area contributed by atoms with Crippen LogP contribution in [0.15, 0.2) is 0 Å². The molecular weight excluding hydrogens is 276 g/mol. The number of esters is 1. The van der Waals surface area contributed by atoms with Crippen LogP contribution < -0.4 is 0 Å². The number of aromatic nitrogens is 4. The lowest BCUT2D eigenvalue weighted by atomic mass is 10.0. The van der Waals surface area contributed by atoms with Crippen molar-refractivity contribution in [1.29, 1.82) is 0 Å². The average Bonchev–Trinajstić information content (AvgIpc) is 2.88. The lowest BCUT2D eigenvalue weighted by Gasteiger charge is -2.20. The minimum Gasteiger partial charge on any atom is -0.467 e. The molecule has 20 heavy (non-hydrogen) atoms. The molecule has 2 heterocycles. The maximum absolute atomic E-state index is 12.1. The van der Waals surface area contributed by atoms with E-state index in [-0.39, 0.29) is 11.9 Å². The second-order valence-corrected chi connectivity index (χ2v) is 5.52. The molecule has 0 radical (unpaired) electrons. The number of nitrogens with one attached hydrogen (secondary N) is 1. The number of imidazole rings is 1. The molecular formula is C13H20N4O2S. The van der Waals surface area contributed by atoms with Crippen LogP contribution in [-0.2, 0) is 23.0 Å². The first-order valence-corrected chi connectivity index (χ1v) is 7.07. The smallest absolute Gasteiger partial charge is 0.329 e. The Kier molecular flexibility index (Phi) is 3.99. The summed E-state index contributed by atoms with van der Waals surface area (Å²) in [5, 5.41) is 4.46. The van der Waals surface area contributed by atoms with Gasteiger partial charge in [-0.1, -0.05) is 20.8 Å². The van der Waals surface area contributed by atoms with Gasteiger partial charge in [0.25, 0.3) is 0 Å². The largest absolute Gasteiger partial charge is 0.467 e. The fraction of sp³-hybridized carbons (Fsp3) is 0.615. The maximum atomic E-state index is 12.1. The molecule has 1 unspecified atom stereocenters. The monoisotopic (exact) mass is 296 g/mol. The normalized spacial score (nSPS) is 13.1. The number of hydrogen-bond acceptors (Lipinski definition) is 4. The Bertz CT molecular complexity index is 695. The van der Waals surface area contributed by atoms with Crippen LogP contribution in [0.2, 0.25) is 0 Å². The van der Waals surface area contributed by atoms with Crippen LogP contribution >= 0.6 is 12.2 Å². The number of aromatic amines is 1. The molecule has 0 spiro atoms. The molecule has 0 saturated heterocycles. The van der Waals surface area contributed by atoms with Crippen LogP contribution in [0.5, 0.6) is 0 Å². The number of fused-ring (bicyclic) bond motifs is 1. The number of hydrogen-bond donors (Lipinski definition) is 1. The van der Waals surface area contributed by atoms with Gasteiger partial charge in [0, 0.05) is 7.05 Å². The Morgan fingerprint density at radius 1 is 1.50 bits per heavy atom. The van der Waals surface area contributed by atoms with Gasteiger partial charge in [-0.3, -0.25) is 9.25 Å². The molecule has 0 aromatic carbocycles. The molecule has 6 nitrogen and oxygen atoms in total. The summed E-state index contributed by atoms with van der Waals surface area (Å²) in [7, 11) is 3.25.